The number of H-pyrrole nitrogens is 1. The number of nitrogens with one attached hydrogen (secondary N) is 2. The number of aryl methyl sites for hydroxylation is 2. The fourth-order valence-electron chi connectivity index (χ4n) is 4.94. The maximum atomic E-state index is 13.2. The van der Waals surface area contributed by atoms with E-state index in [9.17, 15) is 13.2 Å². The molecule has 3 heterocycles. The molecule has 3 aromatic rings. The van der Waals surface area contributed by atoms with E-state index < -0.39 is 10.0 Å². The maximum absolute atomic E-state index is 13.2. The summed E-state index contributed by atoms with van der Waals surface area (Å²) in [4.78, 5) is 23.1. The standard InChI is InChI=1S/C26H37N5O4S/c1-5-8-18-17-31(4)24-23(18)28-25(29-26(24)32)21-16-20(10-11-22(21)35-15-6-2)36(33,34)27-13-12-19-9-7-14-30(19)3/h10-11,16-17,19,27H,5-9,12-15H2,1-4H3,(H,28,29,32). The zero-order valence-corrected chi connectivity index (χ0v) is 22.5. The number of likely N-dealkylation sites (tertiary alicyclic amines) is 1. The summed E-state index contributed by atoms with van der Waals surface area (Å²) in [5.74, 6) is 0.783. The molecular weight excluding hydrogens is 478 g/mol. The highest BCUT2D eigenvalue weighted by Gasteiger charge is 2.23. The highest BCUT2D eigenvalue weighted by molar-refractivity contribution is 7.89. The van der Waals surface area contributed by atoms with Crippen LogP contribution in [0.15, 0.2) is 34.1 Å². The van der Waals surface area contributed by atoms with Crippen molar-refractivity contribution in [2.24, 2.45) is 7.05 Å². The van der Waals surface area contributed by atoms with Gasteiger partial charge in [-0.15, -0.1) is 0 Å². The lowest BCUT2D eigenvalue weighted by atomic mass is 10.1. The van der Waals surface area contributed by atoms with Gasteiger partial charge in [-0.3, -0.25) is 4.79 Å². The lowest BCUT2D eigenvalue weighted by molar-refractivity contribution is 0.297. The van der Waals surface area contributed by atoms with Crippen LogP contribution in [-0.2, 0) is 23.5 Å². The first kappa shape index (κ1) is 26.4. The first-order valence-corrected chi connectivity index (χ1v) is 14.3. The van der Waals surface area contributed by atoms with E-state index in [0.29, 0.717) is 47.4 Å². The molecule has 2 aromatic heterocycles. The molecule has 0 aliphatic carbocycles. The van der Waals surface area contributed by atoms with Crippen molar-refractivity contribution in [2.75, 3.05) is 26.7 Å². The average Bonchev–Trinajstić information content (AvgIpc) is 3.40. The van der Waals surface area contributed by atoms with E-state index in [1.807, 2.05) is 20.2 Å². The number of rotatable bonds is 11. The van der Waals surface area contributed by atoms with Gasteiger partial charge in [-0.2, -0.15) is 0 Å². The Morgan fingerprint density at radius 1 is 1.22 bits per heavy atom. The molecule has 0 saturated carbocycles. The van der Waals surface area contributed by atoms with Gasteiger partial charge in [0.1, 0.15) is 17.1 Å². The van der Waals surface area contributed by atoms with Crippen LogP contribution in [-0.4, -0.2) is 60.6 Å². The number of aromatic nitrogens is 3. The molecule has 1 unspecified atom stereocenters. The van der Waals surface area contributed by atoms with Gasteiger partial charge in [0.2, 0.25) is 10.0 Å². The highest BCUT2D eigenvalue weighted by Crippen LogP contribution is 2.31. The molecule has 1 fully saturated rings. The van der Waals surface area contributed by atoms with Crippen LogP contribution < -0.4 is 15.0 Å². The Balaban J connectivity index is 1.70. The predicted molar refractivity (Wildman–Crippen MR) is 142 cm³/mol. The third-order valence-corrected chi connectivity index (χ3v) is 8.30. The van der Waals surface area contributed by atoms with Crippen molar-refractivity contribution in [1.82, 2.24) is 24.2 Å². The van der Waals surface area contributed by atoms with Gasteiger partial charge in [0.25, 0.3) is 5.56 Å². The molecule has 1 aliphatic heterocycles. The van der Waals surface area contributed by atoms with Gasteiger partial charge in [-0.05, 0) is 69.5 Å². The van der Waals surface area contributed by atoms with Gasteiger partial charge in [0.05, 0.1) is 22.6 Å². The molecule has 10 heteroatoms. The Kier molecular flexibility index (Phi) is 8.17. The van der Waals surface area contributed by atoms with Crippen LogP contribution in [0.4, 0.5) is 0 Å². The fraction of sp³-hybridized carbons (Fsp3) is 0.538. The van der Waals surface area contributed by atoms with E-state index in [2.05, 4.69) is 28.6 Å². The predicted octanol–water partition coefficient (Wildman–Crippen LogP) is 3.43. The lowest BCUT2D eigenvalue weighted by Crippen LogP contribution is -2.31. The molecule has 0 amide bonds. The smallest absolute Gasteiger partial charge is 0.275 e. The zero-order chi connectivity index (χ0) is 25.9. The molecule has 0 spiro atoms. The molecule has 9 nitrogen and oxygen atoms in total. The minimum absolute atomic E-state index is 0.116. The summed E-state index contributed by atoms with van der Waals surface area (Å²) in [7, 11) is 0.159. The Hall–Kier alpha value is -2.69. The molecule has 1 atom stereocenters. The van der Waals surface area contributed by atoms with Crippen molar-refractivity contribution in [1.29, 1.82) is 0 Å². The monoisotopic (exact) mass is 515 g/mol. The van der Waals surface area contributed by atoms with Gasteiger partial charge in [-0.25, -0.2) is 18.1 Å². The molecule has 0 radical (unpaired) electrons. The number of ether oxygens (including phenoxy) is 1. The number of fused-ring (bicyclic) bond motifs is 1. The summed E-state index contributed by atoms with van der Waals surface area (Å²) < 4.78 is 36.8. The summed E-state index contributed by atoms with van der Waals surface area (Å²) in [5.41, 5.74) is 2.30. The molecule has 1 aliphatic rings. The Bertz CT molecular complexity index is 1380. The fourth-order valence-corrected chi connectivity index (χ4v) is 6.02. The SMILES string of the molecule is CCCOc1ccc(S(=O)(=O)NCCC2CCCN2C)cc1-c1nc2c(CCC)cn(C)c2c(=O)[nH]1. The van der Waals surface area contributed by atoms with Crippen molar-refractivity contribution < 1.29 is 13.2 Å². The highest BCUT2D eigenvalue weighted by atomic mass is 32.2. The van der Waals surface area contributed by atoms with Crippen molar-refractivity contribution in [3.63, 3.8) is 0 Å². The van der Waals surface area contributed by atoms with E-state index in [1.54, 1.807) is 22.8 Å². The van der Waals surface area contributed by atoms with Crippen molar-refractivity contribution in [2.45, 2.75) is 63.3 Å². The largest absolute Gasteiger partial charge is 0.493 e. The first-order chi connectivity index (χ1) is 17.2. The quantitative estimate of drug-likeness (QED) is 0.405. The lowest BCUT2D eigenvalue weighted by Gasteiger charge is -2.19. The van der Waals surface area contributed by atoms with E-state index in [1.165, 1.54) is 0 Å². The van der Waals surface area contributed by atoms with Crippen LogP contribution in [0.5, 0.6) is 5.75 Å². The second-order valence-electron chi connectivity index (χ2n) is 9.60. The maximum Gasteiger partial charge on any atom is 0.275 e. The summed E-state index contributed by atoms with van der Waals surface area (Å²) in [6, 6.07) is 5.13. The van der Waals surface area contributed by atoms with Crippen LogP contribution in [0.2, 0.25) is 0 Å². The van der Waals surface area contributed by atoms with Crippen LogP contribution in [0.1, 0.15) is 51.5 Å². The summed E-state index contributed by atoms with van der Waals surface area (Å²) in [5, 5.41) is 0. The van der Waals surface area contributed by atoms with E-state index in [-0.39, 0.29) is 10.5 Å². The minimum atomic E-state index is -3.75. The normalized spacial score (nSPS) is 16.7. The molecule has 1 saturated heterocycles. The van der Waals surface area contributed by atoms with Crippen molar-refractivity contribution >= 4 is 21.1 Å². The van der Waals surface area contributed by atoms with Gasteiger partial charge in [0.15, 0.2) is 0 Å². The second-order valence-corrected chi connectivity index (χ2v) is 11.4. The number of nitrogens with zero attached hydrogens (tertiary/aromatic N) is 3. The molecule has 1 aromatic carbocycles. The van der Waals surface area contributed by atoms with Gasteiger partial charge >= 0.3 is 0 Å². The molecule has 0 bridgehead atoms. The summed E-state index contributed by atoms with van der Waals surface area (Å²) >= 11 is 0. The minimum Gasteiger partial charge on any atom is -0.493 e. The van der Waals surface area contributed by atoms with Gasteiger partial charge < -0.3 is 19.2 Å². The number of hydrogen-bond acceptors (Lipinski definition) is 6. The summed E-state index contributed by atoms with van der Waals surface area (Å²) in [6.07, 6.45) is 7.44. The zero-order valence-electron chi connectivity index (χ0n) is 21.6. The van der Waals surface area contributed by atoms with Crippen molar-refractivity contribution in [3.8, 4) is 17.1 Å². The van der Waals surface area contributed by atoms with E-state index >= 15 is 0 Å². The van der Waals surface area contributed by atoms with Crippen LogP contribution in [0.3, 0.4) is 0 Å². The third-order valence-electron chi connectivity index (χ3n) is 6.84. The number of benzene rings is 1. The van der Waals surface area contributed by atoms with E-state index in [4.69, 9.17) is 9.72 Å². The van der Waals surface area contributed by atoms with Gasteiger partial charge in [0, 0.05) is 25.8 Å². The van der Waals surface area contributed by atoms with Gasteiger partial charge in [-0.1, -0.05) is 20.3 Å². The number of hydrogen-bond donors (Lipinski definition) is 2. The van der Waals surface area contributed by atoms with E-state index in [0.717, 1.165) is 50.6 Å². The number of sulfonamides is 1. The molecule has 36 heavy (non-hydrogen) atoms. The molecule has 2 N–H and O–H groups in total. The Morgan fingerprint density at radius 3 is 2.72 bits per heavy atom. The summed E-state index contributed by atoms with van der Waals surface area (Å²) in [6.45, 7) is 5.96. The van der Waals surface area contributed by atoms with Crippen LogP contribution in [0.25, 0.3) is 22.4 Å². The average molecular weight is 516 g/mol. The van der Waals surface area contributed by atoms with Crippen LogP contribution in [0, 0.1) is 0 Å². The third kappa shape index (κ3) is 5.50. The molecular formula is C26H37N5O4S. The first-order valence-electron chi connectivity index (χ1n) is 12.8. The topological polar surface area (TPSA) is 109 Å². The molecule has 4 rings (SSSR count). The second kappa shape index (κ2) is 11.1. The molecule has 196 valence electrons. The van der Waals surface area contributed by atoms with Crippen LogP contribution >= 0.6 is 0 Å². The number of aromatic amines is 1. The Labute approximate surface area is 212 Å². The Morgan fingerprint density at radius 2 is 2.03 bits per heavy atom. The van der Waals surface area contributed by atoms with Crippen molar-refractivity contribution in [3.05, 3.63) is 40.3 Å².